The van der Waals surface area contributed by atoms with Crippen molar-refractivity contribution in [2.75, 3.05) is 46.1 Å². The Morgan fingerprint density at radius 3 is 1.61 bits per heavy atom. The van der Waals surface area contributed by atoms with Gasteiger partial charge in [0.15, 0.2) is 0 Å². The van der Waals surface area contributed by atoms with E-state index in [9.17, 15) is 19.7 Å². The number of carbonyl (C=O) groups is 2. The first-order valence-electron chi connectivity index (χ1n) is 13.0. The van der Waals surface area contributed by atoms with Gasteiger partial charge in [-0.1, -0.05) is 48.5 Å². The summed E-state index contributed by atoms with van der Waals surface area (Å²) in [6.07, 6.45) is 1.08. The molecular formula is C26H52N4O6. The molecule has 10 heteroatoms. The number of nitrogens with two attached hydrogens (primary N) is 1. The number of nitrogens with zero attached hydrogens (tertiary/aromatic N) is 1. The SMILES string of the molecule is CCCOCC(C)(C)CNC(=O)CCC(C)(CCC(=O)NCC(C)(C)COCC(C)(C)CN)[N+](=O)[O-]. The van der Waals surface area contributed by atoms with Crippen LogP contribution in [0, 0.1) is 26.4 Å². The summed E-state index contributed by atoms with van der Waals surface area (Å²) in [5.74, 6) is -0.493. The Morgan fingerprint density at radius 1 is 0.806 bits per heavy atom. The van der Waals surface area contributed by atoms with Crippen molar-refractivity contribution in [1.29, 1.82) is 0 Å². The van der Waals surface area contributed by atoms with E-state index >= 15 is 0 Å². The van der Waals surface area contributed by atoms with Crippen LogP contribution < -0.4 is 16.4 Å². The summed E-state index contributed by atoms with van der Waals surface area (Å²) in [5, 5.41) is 17.5. The zero-order valence-electron chi connectivity index (χ0n) is 24.0. The first kappa shape index (κ1) is 34.2. The molecule has 0 aromatic rings. The third kappa shape index (κ3) is 15.4. The van der Waals surface area contributed by atoms with Crippen LogP contribution in [0.1, 0.15) is 87.5 Å². The molecule has 212 valence electrons. The van der Waals surface area contributed by atoms with Gasteiger partial charge in [-0.2, -0.15) is 0 Å². The fourth-order valence-corrected chi connectivity index (χ4v) is 3.18. The molecule has 1 unspecified atom stereocenters. The van der Waals surface area contributed by atoms with E-state index in [4.69, 9.17) is 15.2 Å². The van der Waals surface area contributed by atoms with Gasteiger partial charge in [0.2, 0.25) is 17.4 Å². The fourth-order valence-electron chi connectivity index (χ4n) is 3.18. The lowest BCUT2D eigenvalue weighted by molar-refractivity contribution is -0.567. The molecule has 0 aliphatic rings. The molecule has 0 spiro atoms. The van der Waals surface area contributed by atoms with Gasteiger partial charge in [0.05, 0.1) is 19.8 Å². The van der Waals surface area contributed by atoms with Crippen molar-refractivity contribution in [3.05, 3.63) is 10.1 Å². The second-order valence-corrected chi connectivity index (χ2v) is 12.5. The van der Waals surface area contributed by atoms with Gasteiger partial charge in [0.1, 0.15) is 0 Å². The van der Waals surface area contributed by atoms with E-state index in [1.807, 2.05) is 48.5 Å². The molecule has 0 aliphatic carbocycles. The molecule has 0 aliphatic heterocycles. The molecule has 0 radical (unpaired) electrons. The van der Waals surface area contributed by atoms with Crippen molar-refractivity contribution in [3.8, 4) is 0 Å². The molecule has 1 atom stereocenters. The second kappa shape index (κ2) is 15.5. The van der Waals surface area contributed by atoms with Crippen LogP contribution in [0.4, 0.5) is 0 Å². The van der Waals surface area contributed by atoms with Crippen molar-refractivity contribution < 1.29 is 24.0 Å². The second-order valence-electron chi connectivity index (χ2n) is 12.5. The average Bonchev–Trinajstić information content (AvgIpc) is 2.78. The van der Waals surface area contributed by atoms with E-state index in [-0.39, 0.29) is 58.7 Å². The lowest BCUT2D eigenvalue weighted by Crippen LogP contribution is -2.41. The minimum atomic E-state index is -1.36. The van der Waals surface area contributed by atoms with Gasteiger partial charge in [-0.25, -0.2) is 0 Å². The third-order valence-corrected chi connectivity index (χ3v) is 6.13. The van der Waals surface area contributed by atoms with Gasteiger partial charge in [-0.15, -0.1) is 0 Å². The van der Waals surface area contributed by atoms with Gasteiger partial charge >= 0.3 is 0 Å². The van der Waals surface area contributed by atoms with Crippen molar-refractivity contribution in [2.24, 2.45) is 22.0 Å². The van der Waals surface area contributed by atoms with Gasteiger partial charge in [0, 0.05) is 73.5 Å². The van der Waals surface area contributed by atoms with Crippen LogP contribution in [0.25, 0.3) is 0 Å². The molecule has 0 rings (SSSR count). The van der Waals surface area contributed by atoms with Crippen LogP contribution in [0.2, 0.25) is 0 Å². The third-order valence-electron chi connectivity index (χ3n) is 6.13. The maximum atomic E-state index is 12.4. The standard InChI is InChI=1S/C26H52N4O6/c1-9-14-35-19-24(4,5)16-28-21(31)10-12-26(8,30(33)34)13-11-22(32)29-17-25(6,7)20-36-18-23(2,3)15-27/h9-20,27H2,1-8H3,(H,28,31)(H,29,32). The molecule has 0 heterocycles. The van der Waals surface area contributed by atoms with Crippen LogP contribution >= 0.6 is 0 Å². The Labute approximate surface area is 218 Å². The number of nitro groups is 1. The summed E-state index contributed by atoms with van der Waals surface area (Å²) >= 11 is 0. The molecule has 36 heavy (non-hydrogen) atoms. The first-order valence-corrected chi connectivity index (χ1v) is 13.0. The smallest absolute Gasteiger partial charge is 0.220 e. The van der Waals surface area contributed by atoms with Crippen molar-refractivity contribution in [2.45, 2.75) is 93.0 Å². The van der Waals surface area contributed by atoms with E-state index in [0.29, 0.717) is 46.1 Å². The predicted octanol–water partition coefficient (Wildman–Crippen LogP) is 3.30. The largest absolute Gasteiger partial charge is 0.381 e. The van der Waals surface area contributed by atoms with Crippen molar-refractivity contribution >= 4 is 11.8 Å². The molecule has 0 saturated carbocycles. The molecule has 10 nitrogen and oxygen atoms in total. The van der Waals surface area contributed by atoms with E-state index in [2.05, 4.69) is 10.6 Å². The summed E-state index contributed by atoms with van der Waals surface area (Å²) in [7, 11) is 0. The molecule has 2 amide bonds. The number of rotatable bonds is 20. The van der Waals surface area contributed by atoms with Gasteiger partial charge in [-0.05, 0) is 13.0 Å². The highest BCUT2D eigenvalue weighted by Crippen LogP contribution is 2.24. The van der Waals surface area contributed by atoms with E-state index in [1.54, 1.807) is 0 Å². The highest BCUT2D eigenvalue weighted by atomic mass is 16.6. The summed E-state index contributed by atoms with van der Waals surface area (Å²) < 4.78 is 11.4. The van der Waals surface area contributed by atoms with Gasteiger partial charge < -0.3 is 25.8 Å². The topological polar surface area (TPSA) is 146 Å². The lowest BCUT2D eigenvalue weighted by Gasteiger charge is -2.28. The Balaban J connectivity index is 4.55. The molecular weight excluding hydrogens is 464 g/mol. The quantitative estimate of drug-likeness (QED) is 0.128. The van der Waals surface area contributed by atoms with Crippen LogP contribution in [-0.2, 0) is 19.1 Å². The molecule has 0 fully saturated rings. The zero-order chi connectivity index (χ0) is 28.0. The summed E-state index contributed by atoms with van der Waals surface area (Å²) in [4.78, 5) is 36.1. The zero-order valence-corrected chi connectivity index (χ0v) is 24.0. The number of hydrogen-bond donors (Lipinski definition) is 3. The Kier molecular flexibility index (Phi) is 14.7. The number of amides is 2. The van der Waals surface area contributed by atoms with E-state index in [0.717, 1.165) is 6.42 Å². The van der Waals surface area contributed by atoms with Crippen molar-refractivity contribution in [3.63, 3.8) is 0 Å². The molecule has 4 N–H and O–H groups in total. The average molecular weight is 517 g/mol. The Morgan fingerprint density at radius 2 is 1.22 bits per heavy atom. The van der Waals surface area contributed by atoms with Gasteiger partial charge in [0.25, 0.3) is 0 Å². The maximum Gasteiger partial charge on any atom is 0.220 e. The lowest BCUT2D eigenvalue weighted by atomic mass is 9.90. The highest BCUT2D eigenvalue weighted by molar-refractivity contribution is 5.76. The van der Waals surface area contributed by atoms with Crippen LogP contribution in [0.5, 0.6) is 0 Å². The van der Waals surface area contributed by atoms with Crippen LogP contribution in [-0.4, -0.2) is 68.3 Å². The maximum absolute atomic E-state index is 12.4. The predicted molar refractivity (Wildman–Crippen MR) is 142 cm³/mol. The van der Waals surface area contributed by atoms with Crippen molar-refractivity contribution in [1.82, 2.24) is 10.6 Å². The van der Waals surface area contributed by atoms with E-state index in [1.165, 1.54) is 6.92 Å². The first-order chi connectivity index (χ1) is 16.5. The fraction of sp³-hybridized carbons (Fsp3) is 0.923. The molecule has 0 saturated heterocycles. The summed E-state index contributed by atoms with van der Waals surface area (Å²) in [6.45, 7) is 19.1. The summed E-state index contributed by atoms with van der Waals surface area (Å²) in [6, 6.07) is 0. The molecule has 0 aromatic carbocycles. The highest BCUT2D eigenvalue weighted by Gasteiger charge is 2.38. The number of nitrogens with one attached hydrogen (secondary N) is 2. The molecule has 0 aromatic heterocycles. The van der Waals surface area contributed by atoms with Gasteiger partial charge in [-0.3, -0.25) is 19.7 Å². The number of ether oxygens (including phenoxy) is 2. The normalized spacial score (nSPS) is 14.2. The summed E-state index contributed by atoms with van der Waals surface area (Å²) in [5.41, 5.74) is 3.74. The molecule has 0 bridgehead atoms. The monoisotopic (exact) mass is 516 g/mol. The van der Waals surface area contributed by atoms with Crippen LogP contribution in [0.3, 0.4) is 0 Å². The minimum Gasteiger partial charge on any atom is -0.381 e. The van der Waals surface area contributed by atoms with E-state index < -0.39 is 5.54 Å². The Bertz CT molecular complexity index is 696. The number of hydrogen-bond acceptors (Lipinski definition) is 7. The minimum absolute atomic E-state index is 0.0119. The number of carbonyl (C=O) groups excluding carboxylic acids is 2. The Hall–Kier alpha value is -1.78. The van der Waals surface area contributed by atoms with Crippen LogP contribution in [0.15, 0.2) is 0 Å².